The van der Waals surface area contributed by atoms with Gasteiger partial charge in [0.05, 0.1) is 40.4 Å². The van der Waals surface area contributed by atoms with Gasteiger partial charge in [0, 0.05) is 38.4 Å². The summed E-state index contributed by atoms with van der Waals surface area (Å²) in [5.41, 5.74) is 8.32. The SMILES string of the molecule is CCOc1ncccc1-c1ccc(N2CCN(C(=O)c3ccc(C)cc3C(F)(F)F)C[C@H]2CC)c(CN)n1. The van der Waals surface area contributed by atoms with Gasteiger partial charge in [-0.25, -0.2) is 9.97 Å². The molecule has 1 aliphatic heterocycles. The minimum atomic E-state index is -4.61. The summed E-state index contributed by atoms with van der Waals surface area (Å²) in [6, 6.07) is 11.3. The quantitative estimate of drug-likeness (QED) is 0.462. The number of hydrogen-bond acceptors (Lipinski definition) is 6. The zero-order chi connectivity index (χ0) is 27.4. The van der Waals surface area contributed by atoms with E-state index in [1.807, 2.05) is 38.1 Å². The number of benzene rings is 1. The molecule has 4 rings (SSSR count). The number of piperazine rings is 1. The number of anilines is 1. The van der Waals surface area contributed by atoms with Crippen molar-refractivity contribution in [1.82, 2.24) is 14.9 Å². The molecule has 3 heterocycles. The molecular weight excluding hydrogens is 495 g/mol. The summed E-state index contributed by atoms with van der Waals surface area (Å²) in [5.74, 6) is -0.117. The Morgan fingerprint density at radius 3 is 2.63 bits per heavy atom. The molecule has 0 bridgehead atoms. The zero-order valence-corrected chi connectivity index (χ0v) is 21.8. The van der Waals surface area contributed by atoms with Crippen LogP contribution in [0.15, 0.2) is 48.7 Å². The van der Waals surface area contributed by atoms with Gasteiger partial charge in [-0.3, -0.25) is 4.79 Å². The van der Waals surface area contributed by atoms with Crippen LogP contribution in [0.3, 0.4) is 0 Å². The van der Waals surface area contributed by atoms with Gasteiger partial charge in [-0.2, -0.15) is 13.2 Å². The van der Waals surface area contributed by atoms with Crippen LogP contribution >= 0.6 is 0 Å². The number of halogens is 3. The van der Waals surface area contributed by atoms with Crippen LogP contribution in [0.25, 0.3) is 11.3 Å². The Morgan fingerprint density at radius 1 is 1.16 bits per heavy atom. The molecule has 2 N–H and O–H groups in total. The fraction of sp³-hybridized carbons (Fsp3) is 0.393. The van der Waals surface area contributed by atoms with Crippen LogP contribution in [0.5, 0.6) is 5.88 Å². The molecule has 1 saturated heterocycles. The molecule has 7 nitrogen and oxygen atoms in total. The second kappa shape index (κ2) is 11.4. The van der Waals surface area contributed by atoms with Crippen LogP contribution in [0.4, 0.5) is 18.9 Å². The first-order valence-electron chi connectivity index (χ1n) is 12.7. The van der Waals surface area contributed by atoms with E-state index in [0.29, 0.717) is 48.9 Å². The minimum Gasteiger partial charge on any atom is -0.477 e. The molecule has 1 amide bonds. The number of carbonyl (C=O) groups excluding carboxylic acids is 1. The first-order valence-corrected chi connectivity index (χ1v) is 12.7. The number of nitrogens with zero attached hydrogens (tertiary/aromatic N) is 4. The van der Waals surface area contributed by atoms with Crippen LogP contribution in [-0.2, 0) is 12.7 Å². The topological polar surface area (TPSA) is 84.6 Å². The van der Waals surface area contributed by atoms with Gasteiger partial charge >= 0.3 is 6.18 Å². The largest absolute Gasteiger partial charge is 0.477 e. The second-order valence-electron chi connectivity index (χ2n) is 9.21. The van der Waals surface area contributed by atoms with Crippen molar-refractivity contribution in [1.29, 1.82) is 0 Å². The van der Waals surface area contributed by atoms with Crippen molar-refractivity contribution < 1.29 is 22.7 Å². The molecule has 1 fully saturated rings. The van der Waals surface area contributed by atoms with Gasteiger partial charge in [-0.05, 0) is 56.7 Å². The fourth-order valence-electron chi connectivity index (χ4n) is 4.85. The Bertz CT molecular complexity index is 1300. The first kappa shape index (κ1) is 27.4. The Morgan fingerprint density at radius 2 is 1.95 bits per heavy atom. The van der Waals surface area contributed by atoms with E-state index < -0.39 is 17.6 Å². The Hall–Kier alpha value is -3.66. The average molecular weight is 528 g/mol. The highest BCUT2D eigenvalue weighted by Crippen LogP contribution is 2.35. The van der Waals surface area contributed by atoms with E-state index >= 15 is 0 Å². The fourth-order valence-corrected chi connectivity index (χ4v) is 4.85. The highest BCUT2D eigenvalue weighted by molar-refractivity contribution is 5.96. The van der Waals surface area contributed by atoms with Crippen molar-refractivity contribution >= 4 is 11.6 Å². The lowest BCUT2D eigenvalue weighted by Gasteiger charge is -2.43. The maximum Gasteiger partial charge on any atom is 0.417 e. The van der Waals surface area contributed by atoms with Gasteiger partial charge in [-0.1, -0.05) is 18.6 Å². The van der Waals surface area contributed by atoms with Crippen LogP contribution in [0, 0.1) is 6.92 Å². The summed E-state index contributed by atoms with van der Waals surface area (Å²) < 4.78 is 46.7. The van der Waals surface area contributed by atoms with Crippen molar-refractivity contribution in [2.45, 2.75) is 46.0 Å². The van der Waals surface area contributed by atoms with E-state index in [0.717, 1.165) is 17.3 Å². The van der Waals surface area contributed by atoms with E-state index in [-0.39, 0.29) is 24.7 Å². The number of alkyl halides is 3. The maximum absolute atomic E-state index is 13.7. The predicted octanol–water partition coefficient (Wildman–Crippen LogP) is 5.07. The van der Waals surface area contributed by atoms with E-state index in [2.05, 4.69) is 9.88 Å². The van der Waals surface area contributed by atoms with Crippen LogP contribution in [-0.4, -0.2) is 53.1 Å². The molecule has 202 valence electrons. The summed E-state index contributed by atoms with van der Waals surface area (Å²) >= 11 is 0. The van der Waals surface area contributed by atoms with Gasteiger partial charge in [0.2, 0.25) is 5.88 Å². The third-order valence-corrected chi connectivity index (χ3v) is 6.73. The van der Waals surface area contributed by atoms with E-state index in [1.165, 1.54) is 17.0 Å². The lowest BCUT2D eigenvalue weighted by molar-refractivity contribution is -0.138. The first-order chi connectivity index (χ1) is 18.2. The predicted molar refractivity (Wildman–Crippen MR) is 140 cm³/mol. The number of pyridine rings is 2. The third kappa shape index (κ3) is 5.60. The molecule has 2 aromatic heterocycles. The van der Waals surface area contributed by atoms with E-state index in [1.54, 1.807) is 13.1 Å². The number of ether oxygens (including phenoxy) is 1. The van der Waals surface area contributed by atoms with Gasteiger partial charge < -0.3 is 20.3 Å². The van der Waals surface area contributed by atoms with E-state index in [4.69, 9.17) is 15.5 Å². The Labute approximate surface area is 220 Å². The molecule has 0 unspecified atom stereocenters. The smallest absolute Gasteiger partial charge is 0.417 e. The van der Waals surface area contributed by atoms with Gasteiger partial charge in [-0.15, -0.1) is 0 Å². The summed E-state index contributed by atoms with van der Waals surface area (Å²) in [6.45, 7) is 7.15. The normalized spacial score (nSPS) is 16.0. The molecule has 10 heteroatoms. The molecule has 0 aliphatic carbocycles. The van der Waals surface area contributed by atoms with Crippen molar-refractivity contribution in [3.63, 3.8) is 0 Å². The molecule has 1 aromatic carbocycles. The van der Waals surface area contributed by atoms with Crippen LogP contribution < -0.4 is 15.4 Å². The number of amides is 1. The Balaban J connectivity index is 1.60. The molecule has 3 aromatic rings. The number of aryl methyl sites for hydroxylation is 1. The van der Waals surface area contributed by atoms with Crippen molar-refractivity contribution in [2.75, 3.05) is 31.1 Å². The average Bonchev–Trinajstić information content (AvgIpc) is 2.92. The lowest BCUT2D eigenvalue weighted by atomic mass is 10.0. The van der Waals surface area contributed by atoms with Gasteiger partial charge in [0.25, 0.3) is 5.91 Å². The summed E-state index contributed by atoms with van der Waals surface area (Å²) in [5, 5.41) is 0. The van der Waals surface area contributed by atoms with Crippen molar-refractivity contribution in [3.8, 4) is 17.1 Å². The number of hydrogen-bond donors (Lipinski definition) is 1. The monoisotopic (exact) mass is 527 g/mol. The van der Waals surface area contributed by atoms with E-state index in [9.17, 15) is 18.0 Å². The van der Waals surface area contributed by atoms with Gasteiger partial charge in [0.15, 0.2) is 0 Å². The minimum absolute atomic E-state index is 0.109. The highest BCUT2D eigenvalue weighted by Gasteiger charge is 2.38. The van der Waals surface area contributed by atoms with Crippen molar-refractivity contribution in [3.05, 3.63) is 71.0 Å². The Kier molecular flexibility index (Phi) is 8.20. The highest BCUT2D eigenvalue weighted by atomic mass is 19.4. The molecule has 0 saturated carbocycles. The number of aromatic nitrogens is 2. The third-order valence-electron chi connectivity index (χ3n) is 6.73. The molecule has 0 spiro atoms. The van der Waals surface area contributed by atoms with Crippen LogP contribution in [0.1, 0.15) is 47.4 Å². The molecule has 1 atom stereocenters. The summed E-state index contributed by atoms with van der Waals surface area (Å²) in [6.07, 6.45) is -2.26. The number of rotatable bonds is 7. The zero-order valence-electron chi connectivity index (χ0n) is 21.8. The second-order valence-corrected chi connectivity index (χ2v) is 9.21. The molecule has 0 radical (unpaired) electrons. The van der Waals surface area contributed by atoms with Crippen molar-refractivity contribution in [2.24, 2.45) is 5.73 Å². The van der Waals surface area contributed by atoms with Crippen LogP contribution in [0.2, 0.25) is 0 Å². The summed E-state index contributed by atoms with van der Waals surface area (Å²) in [7, 11) is 0. The molecular formula is C28H32F3N5O2. The summed E-state index contributed by atoms with van der Waals surface area (Å²) in [4.78, 5) is 26.0. The standard InChI is InChI=1S/C28H32F3N5O2/c1-4-19-17-35(27(37)20-9-8-18(3)15-22(20)28(29,30)31)13-14-36(19)25-11-10-23(34-24(25)16-32)21-7-6-12-33-26(21)38-5-2/h6-12,15,19H,4-5,13-14,16-17,32H2,1-3H3/t19-/m1/s1. The number of nitrogens with two attached hydrogens (primary N) is 1. The lowest BCUT2D eigenvalue weighted by Crippen LogP contribution is -2.55. The number of carbonyl (C=O) groups is 1. The van der Waals surface area contributed by atoms with Gasteiger partial charge in [0.1, 0.15) is 0 Å². The maximum atomic E-state index is 13.7. The molecule has 1 aliphatic rings. The molecule has 38 heavy (non-hydrogen) atoms.